The number of rotatable bonds is 7. The molecule has 2 nitrogen and oxygen atoms in total. The van der Waals surface area contributed by atoms with Crippen LogP contribution in [0.15, 0.2) is 35.9 Å². The lowest BCUT2D eigenvalue weighted by Crippen LogP contribution is -2.27. The summed E-state index contributed by atoms with van der Waals surface area (Å²) in [6.45, 7) is 5.48. The van der Waals surface area contributed by atoms with Gasteiger partial charge in [-0.05, 0) is 32.3 Å². The molecule has 1 aromatic carbocycles. The normalized spacial score (nSPS) is 13.7. The Labute approximate surface area is 104 Å². The van der Waals surface area contributed by atoms with E-state index < -0.39 is 0 Å². The van der Waals surface area contributed by atoms with Gasteiger partial charge in [-0.2, -0.15) is 0 Å². The first-order valence-electron chi connectivity index (χ1n) is 6.29. The molecule has 0 saturated heterocycles. The number of hydrogen-bond acceptors (Lipinski definition) is 2. The number of nitrogens with one attached hydrogen (secondary N) is 1. The molecule has 1 unspecified atom stereocenters. The Morgan fingerprint density at radius 2 is 2.06 bits per heavy atom. The molecule has 17 heavy (non-hydrogen) atoms. The van der Waals surface area contributed by atoms with Crippen LogP contribution < -0.4 is 5.32 Å². The van der Waals surface area contributed by atoms with Gasteiger partial charge >= 0.3 is 0 Å². The van der Waals surface area contributed by atoms with Crippen LogP contribution in [-0.4, -0.2) is 24.3 Å². The molecule has 94 valence electrons. The summed E-state index contributed by atoms with van der Waals surface area (Å²) in [5.74, 6) is 0. The van der Waals surface area contributed by atoms with E-state index in [1.165, 1.54) is 11.1 Å². The summed E-state index contributed by atoms with van der Waals surface area (Å²) >= 11 is 0. The largest absolute Gasteiger partial charge is 0.396 e. The highest BCUT2D eigenvalue weighted by atomic mass is 16.2. The van der Waals surface area contributed by atoms with Crippen LogP contribution in [0, 0.1) is 0 Å². The first-order chi connectivity index (χ1) is 8.22. The predicted octanol–water partition coefficient (Wildman–Crippen LogP) is 2.84. The summed E-state index contributed by atoms with van der Waals surface area (Å²) in [6, 6.07) is 10.8. The first kappa shape index (κ1) is 13.9. The highest BCUT2D eigenvalue weighted by molar-refractivity contribution is 5.52. The molecule has 0 heterocycles. The van der Waals surface area contributed by atoms with Crippen LogP contribution in [0.4, 0.5) is 0 Å². The van der Waals surface area contributed by atoms with E-state index in [4.69, 9.17) is 5.11 Å². The second kappa shape index (κ2) is 8.04. The molecule has 0 aromatic heterocycles. The van der Waals surface area contributed by atoms with Crippen molar-refractivity contribution in [1.29, 1.82) is 0 Å². The van der Waals surface area contributed by atoms with Gasteiger partial charge in [0.25, 0.3) is 0 Å². The Balaban J connectivity index is 2.34. The summed E-state index contributed by atoms with van der Waals surface area (Å²) < 4.78 is 0. The van der Waals surface area contributed by atoms with Gasteiger partial charge in [-0.1, -0.05) is 42.0 Å². The fourth-order valence-corrected chi connectivity index (χ4v) is 1.72. The van der Waals surface area contributed by atoms with Crippen LogP contribution >= 0.6 is 0 Å². The summed E-state index contributed by atoms with van der Waals surface area (Å²) in [4.78, 5) is 0. The van der Waals surface area contributed by atoms with Gasteiger partial charge in [0.15, 0.2) is 0 Å². The average molecular weight is 233 g/mol. The van der Waals surface area contributed by atoms with E-state index in [1.807, 2.05) is 6.07 Å². The molecule has 0 aliphatic carbocycles. The topological polar surface area (TPSA) is 32.3 Å². The smallest absolute Gasteiger partial charge is 0.0431 e. The second-order valence-corrected chi connectivity index (χ2v) is 4.55. The van der Waals surface area contributed by atoms with Gasteiger partial charge < -0.3 is 10.4 Å². The average Bonchev–Trinajstić information content (AvgIpc) is 2.35. The maximum Gasteiger partial charge on any atom is 0.0431 e. The third-order valence-corrected chi connectivity index (χ3v) is 2.74. The number of hydrogen-bond donors (Lipinski definition) is 2. The lowest BCUT2D eigenvalue weighted by Gasteiger charge is -2.13. The molecule has 0 radical (unpaired) electrons. The summed E-state index contributed by atoms with van der Waals surface area (Å²) in [6.07, 6.45) is 4.09. The van der Waals surface area contributed by atoms with E-state index in [0.717, 1.165) is 19.4 Å². The van der Waals surface area contributed by atoms with Crippen LogP contribution in [0.5, 0.6) is 0 Å². The predicted molar refractivity (Wildman–Crippen MR) is 73.9 cm³/mol. The molecule has 2 N–H and O–H groups in total. The molecule has 0 aliphatic rings. The standard InChI is InChI=1S/C15H23NO/c1-13(11-15-8-4-3-5-9-15)12-16-14(2)7-6-10-17/h3-5,8-9,11,14,16-17H,6-7,10,12H2,1-2H3/b13-11+. The van der Waals surface area contributed by atoms with Gasteiger partial charge in [0.1, 0.15) is 0 Å². The second-order valence-electron chi connectivity index (χ2n) is 4.55. The SMILES string of the molecule is C/C(=C\c1ccccc1)CNC(C)CCCO. The molecule has 2 heteroatoms. The molecule has 0 fully saturated rings. The highest BCUT2D eigenvalue weighted by Crippen LogP contribution is 2.05. The molecular weight excluding hydrogens is 210 g/mol. The van der Waals surface area contributed by atoms with Crippen LogP contribution in [-0.2, 0) is 0 Å². The summed E-state index contributed by atoms with van der Waals surface area (Å²) in [5.41, 5.74) is 2.57. The molecule has 1 aromatic rings. The number of aliphatic hydroxyl groups is 1. The van der Waals surface area contributed by atoms with E-state index in [9.17, 15) is 0 Å². The van der Waals surface area contributed by atoms with Crippen molar-refractivity contribution in [3.8, 4) is 0 Å². The fourth-order valence-electron chi connectivity index (χ4n) is 1.72. The van der Waals surface area contributed by atoms with Crippen molar-refractivity contribution >= 4 is 6.08 Å². The number of aliphatic hydroxyl groups excluding tert-OH is 1. The van der Waals surface area contributed by atoms with Crippen molar-refractivity contribution < 1.29 is 5.11 Å². The molecule has 0 amide bonds. The third kappa shape index (κ3) is 6.25. The van der Waals surface area contributed by atoms with Crippen molar-refractivity contribution in [2.45, 2.75) is 32.7 Å². The van der Waals surface area contributed by atoms with Crippen LogP contribution in [0.25, 0.3) is 6.08 Å². The van der Waals surface area contributed by atoms with Crippen molar-refractivity contribution in [3.63, 3.8) is 0 Å². The minimum absolute atomic E-state index is 0.283. The van der Waals surface area contributed by atoms with Gasteiger partial charge in [-0.3, -0.25) is 0 Å². The van der Waals surface area contributed by atoms with Crippen molar-refractivity contribution in [3.05, 3.63) is 41.5 Å². The fraction of sp³-hybridized carbons (Fsp3) is 0.467. The Morgan fingerprint density at radius 3 is 2.71 bits per heavy atom. The van der Waals surface area contributed by atoms with E-state index in [-0.39, 0.29) is 6.61 Å². The van der Waals surface area contributed by atoms with E-state index in [0.29, 0.717) is 6.04 Å². The molecule has 1 atom stereocenters. The maximum atomic E-state index is 8.75. The van der Waals surface area contributed by atoms with Gasteiger partial charge in [0, 0.05) is 19.2 Å². The zero-order chi connectivity index (χ0) is 12.5. The van der Waals surface area contributed by atoms with E-state index >= 15 is 0 Å². The number of benzene rings is 1. The molecule has 0 spiro atoms. The van der Waals surface area contributed by atoms with Crippen LogP contribution in [0.2, 0.25) is 0 Å². The Hall–Kier alpha value is -1.12. The Morgan fingerprint density at radius 1 is 1.35 bits per heavy atom. The van der Waals surface area contributed by atoms with Crippen molar-refractivity contribution in [2.24, 2.45) is 0 Å². The van der Waals surface area contributed by atoms with Crippen molar-refractivity contribution in [1.82, 2.24) is 5.32 Å². The van der Waals surface area contributed by atoms with Gasteiger partial charge in [-0.15, -0.1) is 0 Å². The van der Waals surface area contributed by atoms with Crippen LogP contribution in [0.3, 0.4) is 0 Å². The van der Waals surface area contributed by atoms with Crippen LogP contribution in [0.1, 0.15) is 32.3 Å². The first-order valence-corrected chi connectivity index (χ1v) is 6.29. The Bertz CT molecular complexity index is 332. The van der Waals surface area contributed by atoms with E-state index in [1.54, 1.807) is 0 Å². The molecule has 0 aliphatic heterocycles. The third-order valence-electron chi connectivity index (χ3n) is 2.74. The quantitative estimate of drug-likeness (QED) is 0.759. The molecule has 0 saturated carbocycles. The maximum absolute atomic E-state index is 8.75. The van der Waals surface area contributed by atoms with Gasteiger partial charge in [0.05, 0.1) is 0 Å². The summed E-state index contributed by atoms with van der Waals surface area (Å²) in [7, 11) is 0. The minimum atomic E-state index is 0.283. The Kier molecular flexibility index (Phi) is 6.60. The van der Waals surface area contributed by atoms with Gasteiger partial charge in [0.2, 0.25) is 0 Å². The zero-order valence-corrected chi connectivity index (χ0v) is 10.8. The highest BCUT2D eigenvalue weighted by Gasteiger charge is 2.00. The zero-order valence-electron chi connectivity index (χ0n) is 10.8. The van der Waals surface area contributed by atoms with Gasteiger partial charge in [-0.25, -0.2) is 0 Å². The summed E-state index contributed by atoms with van der Waals surface area (Å²) in [5, 5.41) is 12.2. The minimum Gasteiger partial charge on any atom is -0.396 e. The molecule has 1 rings (SSSR count). The molecule has 0 bridgehead atoms. The monoisotopic (exact) mass is 233 g/mol. The van der Waals surface area contributed by atoms with E-state index in [2.05, 4.69) is 49.5 Å². The molecular formula is C15H23NO. The lowest BCUT2D eigenvalue weighted by molar-refractivity contribution is 0.277. The lowest BCUT2D eigenvalue weighted by atomic mass is 10.1. The van der Waals surface area contributed by atoms with Crippen molar-refractivity contribution in [2.75, 3.05) is 13.2 Å².